The molecule has 29 heavy (non-hydrogen) atoms. The van der Waals surface area contributed by atoms with Crippen LogP contribution in [-0.4, -0.2) is 25.2 Å². The highest BCUT2D eigenvalue weighted by Gasteiger charge is 2.38. The van der Waals surface area contributed by atoms with Gasteiger partial charge < -0.3 is 14.2 Å². The summed E-state index contributed by atoms with van der Waals surface area (Å²) in [4.78, 5) is 10.8. The lowest BCUT2D eigenvalue weighted by atomic mass is 10.1. The van der Waals surface area contributed by atoms with E-state index < -0.39 is 12.3 Å². The SMILES string of the molecule is C[C@H](Oc1c(Cl)cc(COc2ccc3c(c2)OCC(C=O)=C3)cc1Cl)C(F)(F)F. The average Bonchev–Trinajstić information content (AvgIpc) is 2.67. The molecule has 1 heterocycles. The van der Waals surface area contributed by atoms with Gasteiger partial charge in [0.05, 0.1) is 10.0 Å². The van der Waals surface area contributed by atoms with Crippen LogP contribution in [-0.2, 0) is 11.4 Å². The minimum atomic E-state index is -4.54. The van der Waals surface area contributed by atoms with Crippen molar-refractivity contribution in [3.8, 4) is 17.2 Å². The van der Waals surface area contributed by atoms with Gasteiger partial charge in [-0.05, 0) is 42.8 Å². The van der Waals surface area contributed by atoms with Crippen LogP contribution in [0.4, 0.5) is 13.2 Å². The van der Waals surface area contributed by atoms with Crippen LogP contribution in [0.2, 0.25) is 10.0 Å². The normalized spacial score (nSPS) is 14.3. The zero-order valence-electron chi connectivity index (χ0n) is 15.1. The van der Waals surface area contributed by atoms with E-state index in [-0.39, 0.29) is 29.0 Å². The lowest BCUT2D eigenvalue weighted by molar-refractivity contribution is -0.189. The number of fused-ring (bicyclic) bond motifs is 1. The summed E-state index contributed by atoms with van der Waals surface area (Å²) in [5.74, 6) is 0.848. The lowest BCUT2D eigenvalue weighted by Crippen LogP contribution is -2.31. The summed E-state index contributed by atoms with van der Waals surface area (Å²) >= 11 is 12.1. The molecule has 0 saturated heterocycles. The molecule has 1 aliphatic heterocycles. The van der Waals surface area contributed by atoms with Crippen LogP contribution in [0.5, 0.6) is 17.2 Å². The first-order chi connectivity index (χ1) is 13.7. The summed E-state index contributed by atoms with van der Waals surface area (Å²) in [5, 5.41) is -0.0972. The van der Waals surface area contributed by atoms with E-state index in [2.05, 4.69) is 0 Å². The maximum atomic E-state index is 12.7. The van der Waals surface area contributed by atoms with Crippen molar-refractivity contribution in [2.24, 2.45) is 0 Å². The Labute approximate surface area is 174 Å². The second-order valence-electron chi connectivity index (χ2n) is 6.30. The van der Waals surface area contributed by atoms with Crippen molar-refractivity contribution in [3.05, 3.63) is 57.1 Å². The molecule has 0 N–H and O–H groups in total. The predicted molar refractivity (Wildman–Crippen MR) is 103 cm³/mol. The second kappa shape index (κ2) is 8.55. The molecule has 154 valence electrons. The maximum absolute atomic E-state index is 12.7. The number of rotatable bonds is 6. The van der Waals surface area contributed by atoms with Gasteiger partial charge in [0.25, 0.3) is 0 Å². The van der Waals surface area contributed by atoms with E-state index >= 15 is 0 Å². The maximum Gasteiger partial charge on any atom is 0.425 e. The van der Waals surface area contributed by atoms with Gasteiger partial charge >= 0.3 is 6.18 Å². The molecule has 0 radical (unpaired) electrons. The predicted octanol–water partition coefficient (Wildman–Crippen LogP) is 5.88. The highest BCUT2D eigenvalue weighted by molar-refractivity contribution is 6.37. The molecule has 3 rings (SSSR count). The number of alkyl halides is 3. The summed E-state index contributed by atoms with van der Waals surface area (Å²) in [5.41, 5.74) is 1.85. The molecule has 0 aromatic heterocycles. The van der Waals surface area contributed by atoms with Gasteiger partial charge in [0.15, 0.2) is 11.9 Å². The summed E-state index contributed by atoms with van der Waals surface area (Å²) in [7, 11) is 0. The van der Waals surface area contributed by atoms with Crippen molar-refractivity contribution >= 4 is 35.6 Å². The average molecular weight is 447 g/mol. The van der Waals surface area contributed by atoms with Crippen LogP contribution in [0.3, 0.4) is 0 Å². The van der Waals surface area contributed by atoms with Gasteiger partial charge in [-0.1, -0.05) is 23.2 Å². The minimum Gasteiger partial charge on any atom is -0.489 e. The summed E-state index contributed by atoms with van der Waals surface area (Å²) in [6.45, 7) is 1.13. The van der Waals surface area contributed by atoms with Crippen molar-refractivity contribution < 1.29 is 32.2 Å². The number of hydrogen-bond donors (Lipinski definition) is 0. The molecule has 0 unspecified atom stereocenters. The number of aldehydes is 1. The Kier molecular flexibility index (Phi) is 6.29. The summed E-state index contributed by atoms with van der Waals surface area (Å²) in [6, 6.07) is 8.00. The van der Waals surface area contributed by atoms with Gasteiger partial charge in [-0.3, -0.25) is 4.79 Å². The van der Waals surface area contributed by atoms with Crippen LogP contribution in [0.15, 0.2) is 35.9 Å². The third-order valence-corrected chi connectivity index (χ3v) is 4.65. The topological polar surface area (TPSA) is 44.8 Å². The van der Waals surface area contributed by atoms with Crippen LogP contribution >= 0.6 is 23.2 Å². The van der Waals surface area contributed by atoms with Crippen LogP contribution < -0.4 is 14.2 Å². The number of hydrogen-bond acceptors (Lipinski definition) is 4. The molecule has 1 aliphatic rings. The zero-order chi connectivity index (χ0) is 21.2. The monoisotopic (exact) mass is 446 g/mol. The number of benzene rings is 2. The number of halogens is 5. The van der Waals surface area contributed by atoms with Gasteiger partial charge in [0.2, 0.25) is 0 Å². The van der Waals surface area contributed by atoms with Crippen molar-refractivity contribution in [2.45, 2.75) is 25.8 Å². The fraction of sp³-hybridized carbons (Fsp3) is 0.250. The summed E-state index contributed by atoms with van der Waals surface area (Å²) in [6.07, 6.45) is -4.12. The van der Waals surface area contributed by atoms with Crippen molar-refractivity contribution in [2.75, 3.05) is 6.61 Å². The Bertz CT molecular complexity index is 934. The van der Waals surface area contributed by atoms with Gasteiger partial charge in [-0.15, -0.1) is 0 Å². The molecule has 1 atom stereocenters. The van der Waals surface area contributed by atoms with Crippen LogP contribution in [0, 0.1) is 0 Å². The van der Waals surface area contributed by atoms with Gasteiger partial charge in [0.1, 0.15) is 31.0 Å². The molecule has 2 aromatic carbocycles. The molecule has 0 bridgehead atoms. The molecular formula is C20H15Cl2F3O4. The lowest BCUT2D eigenvalue weighted by Gasteiger charge is -2.20. The highest BCUT2D eigenvalue weighted by Crippen LogP contribution is 2.37. The first-order valence-corrected chi connectivity index (χ1v) is 9.19. The highest BCUT2D eigenvalue weighted by atomic mass is 35.5. The Morgan fingerprint density at radius 1 is 1.21 bits per heavy atom. The Morgan fingerprint density at radius 3 is 2.52 bits per heavy atom. The molecular weight excluding hydrogens is 432 g/mol. The van der Waals surface area contributed by atoms with Crippen molar-refractivity contribution in [3.63, 3.8) is 0 Å². The second-order valence-corrected chi connectivity index (χ2v) is 7.12. The smallest absolute Gasteiger partial charge is 0.425 e. The molecule has 2 aromatic rings. The van der Waals surface area contributed by atoms with Gasteiger partial charge in [-0.25, -0.2) is 0 Å². The number of carbonyl (C=O) groups is 1. The zero-order valence-corrected chi connectivity index (χ0v) is 16.6. The van der Waals surface area contributed by atoms with E-state index in [1.165, 1.54) is 12.1 Å². The standard InChI is InChI=1S/C20H15Cl2F3O4/c1-11(20(23,24)25)29-19-16(21)5-12(6-17(19)22)9-27-15-3-2-14-4-13(8-26)10-28-18(14)7-15/h2-8,11H,9-10H2,1H3/t11-/m0/s1. The minimum absolute atomic E-state index is 0.0486. The molecule has 4 nitrogen and oxygen atoms in total. The van der Waals surface area contributed by atoms with Crippen LogP contribution in [0.1, 0.15) is 18.1 Å². The van der Waals surface area contributed by atoms with E-state index in [4.69, 9.17) is 37.4 Å². The fourth-order valence-corrected chi connectivity index (χ4v) is 3.16. The van der Waals surface area contributed by atoms with E-state index in [0.717, 1.165) is 18.8 Å². The molecule has 0 fully saturated rings. The third-order valence-electron chi connectivity index (χ3n) is 4.09. The van der Waals surface area contributed by atoms with Crippen molar-refractivity contribution in [1.29, 1.82) is 0 Å². The molecule has 0 aliphatic carbocycles. The molecule has 0 spiro atoms. The molecule has 0 amide bonds. The van der Waals surface area contributed by atoms with Crippen molar-refractivity contribution in [1.82, 2.24) is 0 Å². The van der Waals surface area contributed by atoms with E-state index in [1.807, 2.05) is 0 Å². The number of ether oxygens (including phenoxy) is 3. The van der Waals surface area contributed by atoms with E-state index in [1.54, 1.807) is 24.3 Å². The Morgan fingerprint density at radius 2 is 1.90 bits per heavy atom. The van der Waals surface area contributed by atoms with E-state index in [0.29, 0.717) is 22.6 Å². The third kappa shape index (κ3) is 5.16. The largest absolute Gasteiger partial charge is 0.489 e. The molecule has 9 heteroatoms. The summed E-state index contributed by atoms with van der Waals surface area (Å²) < 4.78 is 54.1. The molecule has 0 saturated carbocycles. The van der Waals surface area contributed by atoms with Crippen LogP contribution in [0.25, 0.3) is 6.08 Å². The first-order valence-electron chi connectivity index (χ1n) is 8.44. The quantitative estimate of drug-likeness (QED) is 0.520. The van der Waals surface area contributed by atoms with Gasteiger partial charge in [-0.2, -0.15) is 13.2 Å². The Balaban J connectivity index is 1.70. The fourth-order valence-electron chi connectivity index (χ4n) is 2.54. The first kappa shape index (κ1) is 21.3. The number of carbonyl (C=O) groups excluding carboxylic acids is 1. The van der Waals surface area contributed by atoms with E-state index in [9.17, 15) is 18.0 Å². The van der Waals surface area contributed by atoms with Gasteiger partial charge in [0, 0.05) is 17.2 Å². The Hall–Kier alpha value is -2.38.